The molecule has 3 aromatic heterocycles. The third kappa shape index (κ3) is 6.17. The minimum absolute atomic E-state index is 0.00856. The zero-order chi connectivity index (χ0) is 31.6. The number of carboxylic acids is 1. The number of amides is 1. The van der Waals surface area contributed by atoms with Gasteiger partial charge in [0.05, 0.1) is 18.1 Å². The van der Waals surface area contributed by atoms with Gasteiger partial charge >= 0.3 is 12.1 Å². The van der Waals surface area contributed by atoms with Gasteiger partial charge in [-0.3, -0.25) is 14.0 Å². The number of pyridine rings is 1. The molecule has 0 saturated heterocycles. The Morgan fingerprint density at radius 3 is 2.64 bits per heavy atom. The number of nitrogens with one attached hydrogen (secondary N) is 1. The summed E-state index contributed by atoms with van der Waals surface area (Å²) in [5.41, 5.74) is 7.17. The van der Waals surface area contributed by atoms with Gasteiger partial charge in [-0.25, -0.2) is 15.0 Å². The van der Waals surface area contributed by atoms with E-state index in [9.17, 15) is 27.9 Å². The van der Waals surface area contributed by atoms with E-state index in [1.165, 1.54) is 12.1 Å². The Morgan fingerprint density at radius 2 is 1.93 bits per heavy atom. The number of nitrogen functional groups attached to an aromatic ring is 1. The summed E-state index contributed by atoms with van der Waals surface area (Å²) >= 11 is 0. The number of hydrogen-bond donors (Lipinski definition) is 3. The van der Waals surface area contributed by atoms with Gasteiger partial charge in [-0.2, -0.15) is 13.2 Å². The van der Waals surface area contributed by atoms with Crippen LogP contribution < -0.4 is 15.8 Å². The van der Waals surface area contributed by atoms with Crippen LogP contribution >= 0.6 is 0 Å². The summed E-state index contributed by atoms with van der Waals surface area (Å²) in [6.45, 7) is 4.09. The molecule has 1 fully saturated rings. The minimum Gasteiger partial charge on any atom is -0.493 e. The molecule has 1 aliphatic carbocycles. The molecule has 1 aliphatic rings. The lowest BCUT2D eigenvalue weighted by Crippen LogP contribution is -2.30. The van der Waals surface area contributed by atoms with Crippen molar-refractivity contribution in [1.29, 1.82) is 0 Å². The van der Waals surface area contributed by atoms with Gasteiger partial charge < -0.3 is 20.9 Å². The van der Waals surface area contributed by atoms with Crippen molar-refractivity contribution in [2.75, 3.05) is 17.7 Å². The van der Waals surface area contributed by atoms with E-state index in [-0.39, 0.29) is 35.6 Å². The largest absolute Gasteiger partial charge is 0.493 e. The molecule has 5 rings (SSSR count). The van der Waals surface area contributed by atoms with Crippen molar-refractivity contribution in [2.24, 2.45) is 11.8 Å². The molecular weight excluding hydrogens is 577 g/mol. The zero-order valence-electron chi connectivity index (χ0n) is 24.3. The second-order valence-electron chi connectivity index (χ2n) is 10.9. The number of halogens is 3. The molecule has 3 atom stereocenters. The highest BCUT2D eigenvalue weighted by Crippen LogP contribution is 2.44. The van der Waals surface area contributed by atoms with Crippen LogP contribution in [0.15, 0.2) is 48.9 Å². The average Bonchev–Trinajstić information content (AvgIpc) is 3.38. The molecule has 1 amide bonds. The molecule has 0 radical (unpaired) electrons. The Bertz CT molecular complexity index is 1690. The number of imidazole rings is 1. The zero-order valence-corrected chi connectivity index (χ0v) is 24.3. The van der Waals surface area contributed by atoms with Crippen LogP contribution in [0.5, 0.6) is 5.75 Å². The molecule has 0 spiro atoms. The third-order valence-corrected chi connectivity index (χ3v) is 8.06. The lowest BCUT2D eigenvalue weighted by Gasteiger charge is -2.33. The average molecular weight is 611 g/mol. The number of benzene rings is 1. The fourth-order valence-corrected chi connectivity index (χ4v) is 6.07. The predicted molar refractivity (Wildman–Crippen MR) is 157 cm³/mol. The van der Waals surface area contributed by atoms with Gasteiger partial charge in [0.2, 0.25) is 0 Å². The summed E-state index contributed by atoms with van der Waals surface area (Å²) in [5.74, 6) is -0.742. The second-order valence-corrected chi connectivity index (χ2v) is 10.9. The van der Waals surface area contributed by atoms with E-state index in [1.807, 2.05) is 11.3 Å². The normalized spacial score (nSPS) is 18.7. The Morgan fingerprint density at radius 1 is 1.14 bits per heavy atom. The first-order chi connectivity index (χ1) is 21.0. The molecule has 4 aromatic rings. The van der Waals surface area contributed by atoms with E-state index in [2.05, 4.69) is 15.3 Å². The minimum atomic E-state index is -4.58. The number of ether oxygens (including phenoxy) is 1. The molecule has 1 aromatic carbocycles. The lowest BCUT2D eigenvalue weighted by atomic mass is 9.72. The maximum absolute atomic E-state index is 13.1. The molecule has 13 heteroatoms. The van der Waals surface area contributed by atoms with Crippen LogP contribution in [0, 0.1) is 11.8 Å². The van der Waals surface area contributed by atoms with Crippen molar-refractivity contribution < 1.29 is 32.6 Å². The standard InChI is InChI=1S/C31H33F3N6O4/c1-3-5-17-14-18(6-8-21(17)30(42)43)28-39-25(26-27(35)37-12-13-40(26)28)22-9-7-19(15-23(22)44-4-2)29(41)38-24-16-20(10-11-36-24)31(32,33)34/h7,9-13,15-18,21H,3-6,8,14H2,1-2H3,(H2,35,37)(H,42,43)(H,36,38,41)/t17-,18+,21-/m1/s1. The van der Waals surface area contributed by atoms with Crippen molar-refractivity contribution in [3.05, 3.63) is 65.9 Å². The monoisotopic (exact) mass is 610 g/mol. The molecule has 44 heavy (non-hydrogen) atoms. The highest BCUT2D eigenvalue weighted by molar-refractivity contribution is 6.04. The first-order valence-electron chi connectivity index (χ1n) is 14.5. The van der Waals surface area contributed by atoms with E-state index < -0.39 is 29.5 Å². The van der Waals surface area contributed by atoms with Gasteiger partial charge in [0.15, 0.2) is 0 Å². The number of nitrogens with two attached hydrogens (primary N) is 1. The third-order valence-electron chi connectivity index (χ3n) is 8.06. The fraction of sp³-hybridized carbons (Fsp3) is 0.387. The van der Waals surface area contributed by atoms with Gasteiger partial charge in [0, 0.05) is 35.6 Å². The number of carbonyl (C=O) groups is 2. The first-order valence-corrected chi connectivity index (χ1v) is 14.5. The highest BCUT2D eigenvalue weighted by Gasteiger charge is 2.37. The number of aliphatic carboxylic acids is 1. The predicted octanol–water partition coefficient (Wildman–Crippen LogP) is 6.43. The summed E-state index contributed by atoms with van der Waals surface area (Å²) in [5, 5.41) is 12.2. The summed E-state index contributed by atoms with van der Waals surface area (Å²) in [7, 11) is 0. The van der Waals surface area contributed by atoms with Crippen LogP contribution in [0.1, 0.15) is 73.6 Å². The van der Waals surface area contributed by atoms with Crippen molar-refractivity contribution >= 4 is 29.0 Å². The van der Waals surface area contributed by atoms with Crippen molar-refractivity contribution in [3.63, 3.8) is 0 Å². The van der Waals surface area contributed by atoms with Gasteiger partial charge in [0.25, 0.3) is 5.91 Å². The number of carbonyl (C=O) groups excluding carboxylic acids is 1. The van der Waals surface area contributed by atoms with Gasteiger partial charge in [-0.05, 0) is 68.9 Å². The van der Waals surface area contributed by atoms with Crippen LogP contribution in [-0.2, 0) is 11.0 Å². The molecule has 0 unspecified atom stereocenters. The number of aromatic nitrogens is 4. The molecule has 0 bridgehead atoms. The van der Waals surface area contributed by atoms with Gasteiger partial charge in [-0.1, -0.05) is 13.3 Å². The van der Waals surface area contributed by atoms with E-state index in [0.29, 0.717) is 41.8 Å². The number of carboxylic acid groups (broad SMARTS) is 1. The van der Waals surface area contributed by atoms with E-state index in [0.717, 1.165) is 37.0 Å². The smallest absolute Gasteiger partial charge is 0.416 e. The van der Waals surface area contributed by atoms with Gasteiger partial charge in [-0.15, -0.1) is 0 Å². The maximum atomic E-state index is 13.1. The Hall–Kier alpha value is -4.68. The number of hydrogen-bond acceptors (Lipinski definition) is 7. The van der Waals surface area contributed by atoms with Gasteiger partial charge in [0.1, 0.15) is 34.4 Å². The van der Waals surface area contributed by atoms with E-state index in [4.69, 9.17) is 15.5 Å². The SMILES string of the molecule is CCC[C@@H]1C[C@@H](c2nc(-c3ccc(C(=O)Nc4cc(C(F)(F)F)ccn4)cc3OCC)c3c(N)nccn23)CC[C@H]1C(=O)O. The molecule has 0 aliphatic heterocycles. The Labute approximate surface area is 251 Å². The van der Waals surface area contributed by atoms with Crippen LogP contribution in [0.2, 0.25) is 0 Å². The topological polar surface area (TPSA) is 145 Å². The fourth-order valence-electron chi connectivity index (χ4n) is 6.07. The summed E-state index contributed by atoms with van der Waals surface area (Å²) in [6, 6.07) is 6.25. The van der Waals surface area contributed by atoms with Crippen LogP contribution in [-0.4, -0.2) is 42.9 Å². The summed E-state index contributed by atoms with van der Waals surface area (Å²) in [6.07, 6.45) is 3.32. The Kier molecular flexibility index (Phi) is 8.75. The van der Waals surface area contributed by atoms with Crippen molar-refractivity contribution in [2.45, 2.75) is 58.0 Å². The quantitative estimate of drug-likeness (QED) is 0.197. The number of rotatable bonds is 9. The Balaban J connectivity index is 1.51. The molecule has 3 heterocycles. The van der Waals surface area contributed by atoms with Crippen LogP contribution in [0.4, 0.5) is 24.8 Å². The molecule has 10 nitrogen and oxygen atoms in total. The highest BCUT2D eigenvalue weighted by atomic mass is 19.4. The number of alkyl halides is 3. The molecule has 232 valence electrons. The number of fused-ring (bicyclic) bond motifs is 1. The van der Waals surface area contributed by atoms with Crippen LogP contribution in [0.3, 0.4) is 0 Å². The van der Waals surface area contributed by atoms with E-state index in [1.54, 1.807) is 25.4 Å². The number of nitrogens with zero attached hydrogens (tertiary/aromatic N) is 4. The van der Waals surface area contributed by atoms with Crippen molar-refractivity contribution in [3.8, 4) is 17.0 Å². The lowest BCUT2D eigenvalue weighted by molar-refractivity contribution is -0.145. The van der Waals surface area contributed by atoms with Crippen LogP contribution in [0.25, 0.3) is 16.8 Å². The summed E-state index contributed by atoms with van der Waals surface area (Å²) in [4.78, 5) is 38.1. The summed E-state index contributed by atoms with van der Waals surface area (Å²) < 4.78 is 47.2. The first kappa shape index (κ1) is 30.8. The second kappa shape index (κ2) is 12.5. The van der Waals surface area contributed by atoms with Crippen molar-refractivity contribution in [1.82, 2.24) is 19.4 Å². The number of anilines is 2. The maximum Gasteiger partial charge on any atom is 0.416 e. The van der Waals surface area contributed by atoms with E-state index >= 15 is 0 Å². The molecule has 4 N–H and O–H groups in total. The molecular formula is C31H33F3N6O4. The molecule has 1 saturated carbocycles.